The molecule has 0 amide bonds. The van der Waals surface area contributed by atoms with Gasteiger partial charge < -0.3 is 14.3 Å². The number of aromatic nitrogens is 1. The highest BCUT2D eigenvalue weighted by Gasteiger charge is 2.20. The van der Waals surface area contributed by atoms with Gasteiger partial charge in [0.25, 0.3) is 0 Å². The molecule has 0 saturated heterocycles. The van der Waals surface area contributed by atoms with Crippen LogP contribution in [0.2, 0.25) is 0 Å². The van der Waals surface area contributed by atoms with Crippen LogP contribution in [0, 0.1) is 0 Å². The largest absolute Gasteiger partial charge is 0.478 e. The molecule has 0 aliphatic heterocycles. The molecule has 5 heteroatoms. The summed E-state index contributed by atoms with van der Waals surface area (Å²) in [4.78, 5) is 15.0. The van der Waals surface area contributed by atoms with Crippen molar-refractivity contribution in [3.05, 3.63) is 23.8 Å². The van der Waals surface area contributed by atoms with Gasteiger partial charge in [0.15, 0.2) is 5.58 Å². The fourth-order valence-electron chi connectivity index (χ4n) is 1.39. The Morgan fingerprint density at radius 1 is 1.50 bits per heavy atom. The third kappa shape index (κ3) is 2.45. The first-order valence-corrected chi connectivity index (χ1v) is 5.74. The average Bonchev–Trinajstić information content (AvgIpc) is 2.68. The number of hydrogen-bond acceptors (Lipinski definition) is 4. The smallest absolute Gasteiger partial charge is 0.395 e. The highest BCUT2D eigenvalue weighted by Crippen LogP contribution is 2.25. The monoisotopic (exact) mass is 249 g/mol. The molecule has 0 radical (unpaired) electrons. The third-order valence-electron chi connectivity index (χ3n) is 2.83. The number of carboxylic acids is 1. The van der Waals surface area contributed by atoms with Crippen LogP contribution in [-0.4, -0.2) is 21.7 Å². The summed E-state index contributed by atoms with van der Waals surface area (Å²) in [6, 6.07) is 4.53. The average molecular weight is 249 g/mol. The number of rotatable bonds is 4. The quantitative estimate of drug-likeness (QED) is 0.901. The number of fused-ring (bicyclic) bond motifs is 1. The second-order valence-electron chi connectivity index (χ2n) is 4.68. The molecule has 1 aromatic heterocycles. The van der Waals surface area contributed by atoms with E-state index in [0.29, 0.717) is 11.1 Å². The van der Waals surface area contributed by atoms with Crippen LogP contribution in [0.1, 0.15) is 37.6 Å². The van der Waals surface area contributed by atoms with E-state index >= 15 is 0 Å². The number of nitrogens with zero attached hydrogens (tertiary/aromatic N) is 1. The zero-order chi connectivity index (χ0) is 13.3. The molecule has 1 aromatic carbocycles. The van der Waals surface area contributed by atoms with Gasteiger partial charge in [-0.25, -0.2) is 4.79 Å². The predicted molar refractivity (Wildman–Crippen MR) is 66.0 cm³/mol. The Morgan fingerprint density at radius 2 is 2.22 bits per heavy atom. The zero-order valence-electron chi connectivity index (χ0n) is 10.6. The highest BCUT2D eigenvalue weighted by molar-refractivity contribution is 5.91. The van der Waals surface area contributed by atoms with Crippen LogP contribution in [0.3, 0.4) is 0 Å². The van der Waals surface area contributed by atoms with Crippen LogP contribution in [-0.2, 0) is 0 Å². The predicted octanol–water partition coefficient (Wildman–Crippen LogP) is 3.09. The summed E-state index contributed by atoms with van der Waals surface area (Å²) >= 11 is 0. The van der Waals surface area contributed by atoms with Gasteiger partial charge in [0.05, 0.1) is 5.56 Å². The molecular weight excluding hydrogens is 234 g/mol. The summed E-state index contributed by atoms with van der Waals surface area (Å²) < 4.78 is 11.0. The zero-order valence-corrected chi connectivity index (χ0v) is 10.6. The standard InChI is InChI=1S/C13H15NO4/c1-4-13(2,3)18-12-14-9-6-5-8(11(15)16)7-10(9)17-12/h5-7H,4H2,1-3H3,(H,15,16). The summed E-state index contributed by atoms with van der Waals surface area (Å²) in [7, 11) is 0. The Hall–Kier alpha value is -2.04. The Bertz CT molecular complexity index is 586. The van der Waals surface area contributed by atoms with Crippen molar-refractivity contribution < 1.29 is 19.1 Å². The van der Waals surface area contributed by atoms with Gasteiger partial charge >= 0.3 is 12.0 Å². The van der Waals surface area contributed by atoms with Gasteiger partial charge in [0, 0.05) is 0 Å². The van der Waals surface area contributed by atoms with Gasteiger partial charge in [-0.3, -0.25) is 0 Å². The van der Waals surface area contributed by atoms with Gasteiger partial charge in [0.2, 0.25) is 0 Å². The Morgan fingerprint density at radius 3 is 2.83 bits per heavy atom. The molecular formula is C13H15NO4. The first-order chi connectivity index (χ1) is 8.41. The van der Waals surface area contributed by atoms with Crippen molar-refractivity contribution in [2.45, 2.75) is 32.8 Å². The van der Waals surface area contributed by atoms with E-state index in [1.165, 1.54) is 12.1 Å². The number of aromatic carboxylic acids is 1. The lowest BCUT2D eigenvalue weighted by Crippen LogP contribution is -2.26. The third-order valence-corrected chi connectivity index (χ3v) is 2.83. The van der Waals surface area contributed by atoms with Crippen LogP contribution in [0.5, 0.6) is 6.08 Å². The second-order valence-corrected chi connectivity index (χ2v) is 4.68. The number of benzene rings is 1. The maximum Gasteiger partial charge on any atom is 0.395 e. The summed E-state index contributed by atoms with van der Waals surface area (Å²) in [5.41, 5.74) is 0.801. The van der Waals surface area contributed by atoms with E-state index in [9.17, 15) is 4.79 Å². The summed E-state index contributed by atoms with van der Waals surface area (Å²) in [5.74, 6) is -0.996. The lowest BCUT2D eigenvalue weighted by atomic mass is 10.1. The van der Waals surface area contributed by atoms with Crippen molar-refractivity contribution in [3.8, 4) is 6.08 Å². The van der Waals surface area contributed by atoms with Crippen LogP contribution in [0.25, 0.3) is 11.1 Å². The molecule has 0 fully saturated rings. The molecule has 0 bridgehead atoms. The number of ether oxygens (including phenoxy) is 1. The van der Waals surface area contributed by atoms with Crippen LogP contribution >= 0.6 is 0 Å². The maximum absolute atomic E-state index is 10.8. The van der Waals surface area contributed by atoms with Crippen molar-refractivity contribution in [2.75, 3.05) is 0 Å². The van der Waals surface area contributed by atoms with E-state index < -0.39 is 5.97 Å². The minimum Gasteiger partial charge on any atom is -0.478 e. The van der Waals surface area contributed by atoms with E-state index in [0.717, 1.165) is 6.42 Å². The number of oxazole rings is 1. The minimum atomic E-state index is -0.996. The summed E-state index contributed by atoms with van der Waals surface area (Å²) in [5, 5.41) is 8.88. The van der Waals surface area contributed by atoms with Crippen LogP contribution in [0.4, 0.5) is 0 Å². The van der Waals surface area contributed by atoms with Gasteiger partial charge in [-0.1, -0.05) is 6.92 Å². The topological polar surface area (TPSA) is 72.6 Å². The van der Waals surface area contributed by atoms with Crippen LogP contribution in [0.15, 0.2) is 22.6 Å². The Balaban J connectivity index is 2.35. The minimum absolute atomic E-state index is 0.166. The van der Waals surface area contributed by atoms with Gasteiger partial charge in [-0.2, -0.15) is 4.98 Å². The van der Waals surface area contributed by atoms with Gasteiger partial charge in [-0.15, -0.1) is 0 Å². The first-order valence-electron chi connectivity index (χ1n) is 5.74. The molecule has 0 aliphatic rings. The van der Waals surface area contributed by atoms with E-state index in [1.54, 1.807) is 6.07 Å². The summed E-state index contributed by atoms with van der Waals surface area (Å²) in [6.45, 7) is 5.88. The van der Waals surface area contributed by atoms with Gasteiger partial charge in [0.1, 0.15) is 11.1 Å². The molecule has 0 unspecified atom stereocenters. The Labute approximate surface area is 104 Å². The first kappa shape index (κ1) is 12.4. The molecule has 18 heavy (non-hydrogen) atoms. The second kappa shape index (κ2) is 4.33. The van der Waals surface area contributed by atoms with E-state index in [4.69, 9.17) is 14.3 Å². The maximum atomic E-state index is 10.8. The fourth-order valence-corrected chi connectivity index (χ4v) is 1.39. The van der Waals surface area contributed by atoms with Crippen molar-refractivity contribution >= 4 is 17.1 Å². The van der Waals surface area contributed by atoms with Crippen molar-refractivity contribution in [1.82, 2.24) is 4.98 Å². The van der Waals surface area contributed by atoms with Crippen molar-refractivity contribution in [1.29, 1.82) is 0 Å². The molecule has 96 valence electrons. The molecule has 0 spiro atoms. The van der Waals surface area contributed by atoms with Crippen molar-refractivity contribution in [3.63, 3.8) is 0 Å². The lowest BCUT2D eigenvalue weighted by molar-refractivity contribution is 0.0679. The highest BCUT2D eigenvalue weighted by atomic mass is 16.6. The molecule has 5 nitrogen and oxygen atoms in total. The number of carboxylic acid groups (broad SMARTS) is 1. The molecule has 0 saturated carbocycles. The van der Waals surface area contributed by atoms with Gasteiger partial charge in [-0.05, 0) is 38.5 Å². The Kier molecular flexibility index (Phi) is 2.98. The van der Waals surface area contributed by atoms with E-state index in [-0.39, 0.29) is 17.2 Å². The van der Waals surface area contributed by atoms with Crippen molar-refractivity contribution in [2.24, 2.45) is 0 Å². The molecule has 2 rings (SSSR count). The molecule has 1 N–H and O–H groups in total. The molecule has 2 aromatic rings. The molecule has 0 atom stereocenters. The summed E-state index contributed by atoms with van der Waals surface area (Å²) in [6.07, 6.45) is 0.978. The SMILES string of the molecule is CCC(C)(C)Oc1nc2ccc(C(=O)O)cc2o1. The van der Waals surface area contributed by atoms with E-state index in [2.05, 4.69) is 4.98 Å². The van der Waals surface area contributed by atoms with E-state index in [1.807, 2.05) is 20.8 Å². The van der Waals surface area contributed by atoms with Crippen LogP contribution < -0.4 is 4.74 Å². The molecule has 0 aliphatic carbocycles. The number of carbonyl (C=O) groups is 1. The normalized spacial score (nSPS) is 11.7. The molecule has 1 heterocycles. The number of hydrogen-bond donors (Lipinski definition) is 1. The lowest BCUT2D eigenvalue weighted by Gasteiger charge is -2.21. The fraction of sp³-hybridized carbons (Fsp3) is 0.385.